The first-order valence-corrected chi connectivity index (χ1v) is 6.51. The molecule has 1 N–H and O–H groups in total. The Bertz CT molecular complexity index is 365. The standard InChI is InChI=1S/C8H8Br2N2OS/c1-7(4-8(7,9)10)5(13)12-6-11-2-3-14-6/h2-3H,4H2,1H3,(H,11,12,13)/t7-/m1/s1. The van der Waals surface area contributed by atoms with Crippen LogP contribution in [0.3, 0.4) is 0 Å². The molecule has 1 atom stereocenters. The van der Waals surface area contributed by atoms with Crippen LogP contribution in [0.1, 0.15) is 13.3 Å². The molecule has 0 unspecified atom stereocenters. The smallest absolute Gasteiger partial charge is 0.234 e. The molecule has 0 spiro atoms. The van der Waals surface area contributed by atoms with E-state index in [-0.39, 0.29) is 14.6 Å². The molecule has 14 heavy (non-hydrogen) atoms. The molecule has 1 saturated carbocycles. The van der Waals surface area contributed by atoms with E-state index in [1.54, 1.807) is 6.20 Å². The molecule has 1 aromatic heterocycles. The lowest BCUT2D eigenvalue weighted by Gasteiger charge is -2.10. The van der Waals surface area contributed by atoms with Gasteiger partial charge in [0.25, 0.3) is 0 Å². The van der Waals surface area contributed by atoms with Crippen molar-refractivity contribution < 1.29 is 4.79 Å². The zero-order valence-corrected chi connectivity index (χ0v) is 11.4. The lowest BCUT2D eigenvalue weighted by atomic mass is 10.1. The fourth-order valence-electron chi connectivity index (χ4n) is 1.17. The van der Waals surface area contributed by atoms with Crippen molar-refractivity contribution in [2.24, 2.45) is 5.41 Å². The van der Waals surface area contributed by atoms with Crippen LogP contribution < -0.4 is 5.32 Å². The van der Waals surface area contributed by atoms with Crippen LogP contribution in [0.15, 0.2) is 11.6 Å². The summed E-state index contributed by atoms with van der Waals surface area (Å²) in [5.74, 6) is 0.00111. The molecule has 0 aromatic carbocycles. The third kappa shape index (κ3) is 1.63. The predicted molar refractivity (Wildman–Crippen MR) is 64.1 cm³/mol. The summed E-state index contributed by atoms with van der Waals surface area (Å²) in [6.07, 6.45) is 2.46. The quantitative estimate of drug-likeness (QED) is 0.841. The van der Waals surface area contributed by atoms with Gasteiger partial charge in [-0.25, -0.2) is 4.98 Å². The maximum absolute atomic E-state index is 11.8. The van der Waals surface area contributed by atoms with Gasteiger partial charge in [-0.2, -0.15) is 0 Å². The Morgan fingerprint density at radius 2 is 2.36 bits per heavy atom. The lowest BCUT2D eigenvalue weighted by Crippen LogP contribution is -2.25. The number of thiazole rings is 1. The number of carbonyl (C=O) groups is 1. The zero-order valence-electron chi connectivity index (χ0n) is 7.38. The van der Waals surface area contributed by atoms with Crippen molar-refractivity contribution >= 4 is 54.2 Å². The summed E-state index contributed by atoms with van der Waals surface area (Å²) in [6, 6.07) is 0. The van der Waals surface area contributed by atoms with E-state index in [4.69, 9.17) is 0 Å². The van der Waals surface area contributed by atoms with Crippen LogP contribution in [0.5, 0.6) is 0 Å². The van der Waals surface area contributed by atoms with E-state index in [1.807, 2.05) is 12.3 Å². The molecule has 1 amide bonds. The minimum Gasteiger partial charge on any atom is -0.301 e. The molecule has 1 aliphatic carbocycles. The molecule has 2 rings (SSSR count). The summed E-state index contributed by atoms with van der Waals surface area (Å²) in [6.45, 7) is 1.92. The molecular formula is C8H8Br2N2OS. The Morgan fingerprint density at radius 1 is 1.71 bits per heavy atom. The number of hydrogen-bond donors (Lipinski definition) is 1. The van der Waals surface area contributed by atoms with Gasteiger partial charge in [-0.3, -0.25) is 4.79 Å². The van der Waals surface area contributed by atoms with Crippen LogP contribution >= 0.6 is 43.2 Å². The van der Waals surface area contributed by atoms with E-state index in [2.05, 4.69) is 42.2 Å². The first-order valence-electron chi connectivity index (χ1n) is 4.04. The number of carbonyl (C=O) groups excluding carboxylic acids is 1. The second-order valence-electron chi connectivity index (χ2n) is 3.50. The molecule has 0 saturated heterocycles. The Morgan fingerprint density at radius 3 is 2.79 bits per heavy atom. The molecule has 0 radical (unpaired) electrons. The van der Waals surface area contributed by atoms with Gasteiger partial charge in [0, 0.05) is 11.6 Å². The predicted octanol–water partition coefficient (Wildman–Crippen LogP) is 2.98. The van der Waals surface area contributed by atoms with Gasteiger partial charge in [-0.1, -0.05) is 31.9 Å². The lowest BCUT2D eigenvalue weighted by molar-refractivity contribution is -0.120. The molecule has 76 valence electrons. The second kappa shape index (κ2) is 3.28. The minimum atomic E-state index is -0.376. The van der Waals surface area contributed by atoms with Crippen LogP contribution in [0.4, 0.5) is 5.13 Å². The Balaban J connectivity index is 2.05. The first kappa shape index (κ1) is 10.6. The largest absolute Gasteiger partial charge is 0.301 e. The highest BCUT2D eigenvalue weighted by atomic mass is 79.9. The van der Waals surface area contributed by atoms with E-state index in [1.165, 1.54) is 11.3 Å². The number of rotatable bonds is 2. The van der Waals surface area contributed by atoms with Crippen molar-refractivity contribution in [2.75, 3.05) is 5.32 Å². The third-order valence-corrected chi connectivity index (χ3v) is 5.41. The van der Waals surface area contributed by atoms with Gasteiger partial charge in [0.05, 0.1) is 8.65 Å². The Labute approximate surface area is 103 Å². The number of hydrogen-bond acceptors (Lipinski definition) is 3. The van der Waals surface area contributed by atoms with Gasteiger partial charge in [-0.05, 0) is 13.3 Å². The minimum absolute atomic E-state index is 0.00111. The van der Waals surface area contributed by atoms with Crippen LogP contribution in [-0.2, 0) is 4.79 Å². The highest BCUT2D eigenvalue weighted by molar-refractivity contribution is 9.25. The van der Waals surface area contributed by atoms with Crippen LogP contribution in [0, 0.1) is 5.41 Å². The highest BCUT2D eigenvalue weighted by Crippen LogP contribution is 2.66. The van der Waals surface area contributed by atoms with E-state index in [0.29, 0.717) is 5.13 Å². The van der Waals surface area contributed by atoms with Crippen molar-refractivity contribution in [1.82, 2.24) is 4.98 Å². The van der Waals surface area contributed by atoms with Gasteiger partial charge >= 0.3 is 0 Å². The summed E-state index contributed by atoms with van der Waals surface area (Å²) in [5, 5.41) is 5.27. The van der Waals surface area contributed by atoms with Crippen molar-refractivity contribution in [3.05, 3.63) is 11.6 Å². The van der Waals surface area contributed by atoms with Gasteiger partial charge in [0.1, 0.15) is 0 Å². The van der Waals surface area contributed by atoms with E-state index in [0.717, 1.165) is 6.42 Å². The summed E-state index contributed by atoms with van der Waals surface area (Å²) < 4.78 is -0.242. The van der Waals surface area contributed by atoms with E-state index < -0.39 is 0 Å². The maximum atomic E-state index is 11.8. The molecule has 0 aliphatic heterocycles. The van der Waals surface area contributed by atoms with Crippen LogP contribution in [0.2, 0.25) is 0 Å². The van der Waals surface area contributed by atoms with Gasteiger partial charge in [0.2, 0.25) is 5.91 Å². The normalized spacial score (nSPS) is 28.5. The first-order chi connectivity index (χ1) is 6.46. The molecule has 1 heterocycles. The number of nitrogens with one attached hydrogen (secondary N) is 1. The molecular weight excluding hydrogens is 332 g/mol. The maximum Gasteiger partial charge on any atom is 0.234 e. The average molecular weight is 340 g/mol. The third-order valence-electron chi connectivity index (χ3n) is 2.41. The summed E-state index contributed by atoms with van der Waals surface area (Å²) >= 11 is 8.33. The van der Waals surface area contributed by atoms with Gasteiger partial charge in [0.15, 0.2) is 5.13 Å². The number of nitrogens with zero attached hydrogens (tertiary/aromatic N) is 1. The molecule has 0 bridgehead atoms. The number of aromatic nitrogens is 1. The number of amides is 1. The van der Waals surface area contributed by atoms with Crippen molar-refractivity contribution in [3.8, 4) is 0 Å². The fourth-order valence-corrected chi connectivity index (χ4v) is 3.17. The highest BCUT2D eigenvalue weighted by Gasteiger charge is 2.66. The van der Waals surface area contributed by atoms with Crippen LogP contribution in [0.25, 0.3) is 0 Å². The summed E-state index contributed by atoms with van der Waals surface area (Å²) in [4.78, 5) is 15.8. The van der Waals surface area contributed by atoms with Gasteiger partial charge in [-0.15, -0.1) is 11.3 Å². The summed E-state index contributed by atoms with van der Waals surface area (Å²) in [7, 11) is 0. The molecule has 1 fully saturated rings. The topological polar surface area (TPSA) is 42.0 Å². The molecule has 6 heteroatoms. The van der Waals surface area contributed by atoms with Crippen LogP contribution in [-0.4, -0.2) is 14.1 Å². The molecule has 1 aliphatic rings. The monoisotopic (exact) mass is 338 g/mol. The summed E-state index contributed by atoms with van der Waals surface area (Å²) in [5.41, 5.74) is -0.376. The van der Waals surface area contributed by atoms with Crippen molar-refractivity contribution in [3.63, 3.8) is 0 Å². The number of anilines is 1. The Kier molecular flexibility index (Phi) is 2.48. The van der Waals surface area contributed by atoms with Gasteiger partial charge < -0.3 is 5.32 Å². The van der Waals surface area contributed by atoms with Crippen molar-refractivity contribution in [1.29, 1.82) is 0 Å². The Hall–Kier alpha value is 0.0600. The molecule has 3 nitrogen and oxygen atoms in total. The van der Waals surface area contributed by atoms with E-state index in [9.17, 15) is 4.79 Å². The van der Waals surface area contributed by atoms with E-state index >= 15 is 0 Å². The second-order valence-corrected chi connectivity index (χ2v) is 8.17. The zero-order chi connectivity index (χ0) is 10.4. The van der Waals surface area contributed by atoms with Crippen molar-refractivity contribution in [2.45, 2.75) is 16.6 Å². The SMILES string of the molecule is C[C@]1(C(=O)Nc2nccs2)CC1(Br)Br. The fraction of sp³-hybridized carbons (Fsp3) is 0.500. The number of alkyl halides is 2. The number of halogens is 2. The average Bonchev–Trinajstić information content (AvgIpc) is 2.54. The molecule has 1 aromatic rings.